The minimum atomic E-state index is -1.04. The molecule has 1 aliphatic heterocycles. The van der Waals surface area contributed by atoms with Crippen molar-refractivity contribution in [2.75, 3.05) is 42.3 Å². The summed E-state index contributed by atoms with van der Waals surface area (Å²) in [5.41, 5.74) is 4.18. The summed E-state index contributed by atoms with van der Waals surface area (Å²) in [5, 5.41) is 20.5. The van der Waals surface area contributed by atoms with Crippen molar-refractivity contribution in [2.24, 2.45) is 0 Å². The van der Waals surface area contributed by atoms with Gasteiger partial charge in [0.05, 0.1) is 32.1 Å². The molecule has 5 amide bonds. The normalized spacial score (nSPS) is 13.5. The number of urea groups is 2. The van der Waals surface area contributed by atoms with Crippen LogP contribution in [0.3, 0.4) is 0 Å². The number of benzene rings is 3. The van der Waals surface area contributed by atoms with Gasteiger partial charge in [0, 0.05) is 30.2 Å². The molecule has 0 spiro atoms. The Kier molecular flexibility index (Phi) is 9.89. The van der Waals surface area contributed by atoms with Crippen molar-refractivity contribution < 1.29 is 29.0 Å². The Bertz CT molecular complexity index is 1370. The van der Waals surface area contributed by atoms with E-state index in [0.717, 1.165) is 16.8 Å². The molecule has 0 unspecified atom stereocenters. The molecule has 0 aromatic heterocycles. The number of carbonyl (C=O) groups is 4. The zero-order valence-electron chi connectivity index (χ0n) is 22.7. The standard InChI is InChI=1S/C30H33N5O6/c1-20-4-2-3-5-25(20)33-29(39)32-24-10-6-21(7-11-24)18-27(36)31-23-12-8-22(9-13-23)26(19-28(37)38)34-30(40)35-14-16-41-17-15-35/h2-13,26H,14-19H2,1H3,(H,31,36)(H,34,40)(H,37,38)(H2,32,33,39)/t26-/m1/s1. The number of nitrogens with zero attached hydrogens (tertiary/aromatic N) is 1. The number of rotatable bonds is 9. The topological polar surface area (TPSA) is 149 Å². The molecule has 1 aliphatic rings. The number of aliphatic carboxylic acids is 1. The number of morpholine rings is 1. The fourth-order valence-corrected chi connectivity index (χ4v) is 4.33. The van der Waals surface area contributed by atoms with Crippen LogP contribution >= 0.6 is 0 Å². The second-order valence-electron chi connectivity index (χ2n) is 9.64. The van der Waals surface area contributed by atoms with Crippen molar-refractivity contribution in [1.82, 2.24) is 10.2 Å². The van der Waals surface area contributed by atoms with Crippen LogP contribution in [0.4, 0.5) is 26.7 Å². The highest BCUT2D eigenvalue weighted by molar-refractivity contribution is 6.00. The molecule has 0 aliphatic carbocycles. The number of carbonyl (C=O) groups excluding carboxylic acids is 3. The van der Waals surface area contributed by atoms with Crippen LogP contribution < -0.4 is 21.3 Å². The summed E-state index contributed by atoms with van der Waals surface area (Å²) in [4.78, 5) is 50.5. The number of nitrogens with one attached hydrogen (secondary N) is 4. The number of hydrogen-bond acceptors (Lipinski definition) is 5. The highest BCUT2D eigenvalue weighted by Crippen LogP contribution is 2.21. The SMILES string of the molecule is Cc1ccccc1NC(=O)Nc1ccc(CC(=O)Nc2ccc([C@@H](CC(=O)O)NC(=O)N3CCOCC3)cc2)cc1. The number of ether oxygens (including phenoxy) is 1. The molecule has 11 nitrogen and oxygen atoms in total. The zero-order chi connectivity index (χ0) is 29.2. The molecule has 1 heterocycles. The van der Waals surface area contributed by atoms with E-state index in [4.69, 9.17) is 4.74 Å². The Morgan fingerprint density at radius 1 is 0.854 bits per heavy atom. The molecule has 214 valence electrons. The van der Waals surface area contributed by atoms with Gasteiger partial charge < -0.3 is 36.0 Å². The summed E-state index contributed by atoms with van der Waals surface area (Å²) in [7, 11) is 0. The van der Waals surface area contributed by atoms with E-state index in [1.165, 1.54) is 0 Å². The van der Waals surface area contributed by atoms with Gasteiger partial charge in [0.2, 0.25) is 5.91 Å². The molecule has 4 rings (SSSR count). The second kappa shape index (κ2) is 13.9. The van der Waals surface area contributed by atoms with E-state index in [1.807, 2.05) is 31.2 Å². The lowest BCUT2D eigenvalue weighted by molar-refractivity contribution is -0.137. The molecule has 3 aromatic carbocycles. The van der Waals surface area contributed by atoms with E-state index in [2.05, 4.69) is 21.3 Å². The van der Waals surface area contributed by atoms with Crippen molar-refractivity contribution in [3.63, 3.8) is 0 Å². The van der Waals surface area contributed by atoms with Gasteiger partial charge >= 0.3 is 18.0 Å². The van der Waals surface area contributed by atoms with Crippen molar-refractivity contribution in [3.05, 3.63) is 89.5 Å². The van der Waals surface area contributed by atoms with Gasteiger partial charge in [0.25, 0.3) is 0 Å². The van der Waals surface area contributed by atoms with Crippen LogP contribution in [0, 0.1) is 6.92 Å². The minimum Gasteiger partial charge on any atom is -0.481 e. The largest absolute Gasteiger partial charge is 0.481 e. The molecular weight excluding hydrogens is 526 g/mol. The van der Waals surface area contributed by atoms with E-state index < -0.39 is 12.0 Å². The molecule has 3 aromatic rings. The summed E-state index contributed by atoms with van der Waals surface area (Å²) >= 11 is 0. The maximum Gasteiger partial charge on any atom is 0.323 e. The third-order valence-electron chi connectivity index (χ3n) is 6.54. The Morgan fingerprint density at radius 3 is 2.15 bits per heavy atom. The predicted molar refractivity (Wildman–Crippen MR) is 155 cm³/mol. The number of anilines is 3. The maximum absolute atomic E-state index is 12.6. The summed E-state index contributed by atoms with van der Waals surface area (Å²) in [6, 6.07) is 19.7. The van der Waals surface area contributed by atoms with Crippen LogP contribution in [-0.4, -0.2) is 60.2 Å². The number of para-hydroxylation sites is 1. The van der Waals surface area contributed by atoms with Gasteiger partial charge in [-0.3, -0.25) is 9.59 Å². The van der Waals surface area contributed by atoms with Gasteiger partial charge in [-0.05, 0) is 53.9 Å². The minimum absolute atomic E-state index is 0.120. The van der Waals surface area contributed by atoms with Crippen molar-refractivity contribution in [1.29, 1.82) is 0 Å². The van der Waals surface area contributed by atoms with E-state index in [1.54, 1.807) is 53.4 Å². The summed E-state index contributed by atoms with van der Waals surface area (Å²) in [5.74, 6) is -1.28. The first-order chi connectivity index (χ1) is 19.8. The van der Waals surface area contributed by atoms with Crippen molar-refractivity contribution in [3.8, 4) is 0 Å². The fraction of sp³-hybridized carbons (Fsp3) is 0.267. The molecular formula is C30H33N5O6. The number of carboxylic acid groups (broad SMARTS) is 1. The molecule has 1 atom stereocenters. The Labute approximate surface area is 237 Å². The first kappa shape index (κ1) is 29.1. The summed E-state index contributed by atoms with van der Waals surface area (Å²) in [6.45, 7) is 3.68. The van der Waals surface area contributed by atoms with Crippen molar-refractivity contribution in [2.45, 2.75) is 25.8 Å². The summed E-state index contributed by atoms with van der Waals surface area (Å²) < 4.78 is 5.26. The van der Waals surface area contributed by atoms with E-state index in [-0.39, 0.29) is 30.8 Å². The van der Waals surface area contributed by atoms with Crippen LogP contribution in [0.2, 0.25) is 0 Å². The average molecular weight is 560 g/mol. The average Bonchev–Trinajstić information content (AvgIpc) is 2.95. The van der Waals surface area contributed by atoms with E-state index in [0.29, 0.717) is 43.2 Å². The molecule has 0 bridgehead atoms. The van der Waals surface area contributed by atoms with Gasteiger partial charge in [0.15, 0.2) is 0 Å². The quantitative estimate of drug-likeness (QED) is 0.263. The summed E-state index contributed by atoms with van der Waals surface area (Å²) in [6.07, 6.45) is -0.158. The predicted octanol–water partition coefficient (Wildman–Crippen LogP) is 4.38. The second-order valence-corrected chi connectivity index (χ2v) is 9.64. The van der Waals surface area contributed by atoms with Gasteiger partial charge in [0.1, 0.15) is 0 Å². The molecule has 0 saturated carbocycles. The first-order valence-corrected chi connectivity index (χ1v) is 13.2. The first-order valence-electron chi connectivity index (χ1n) is 13.2. The van der Waals surface area contributed by atoms with Gasteiger partial charge in [-0.15, -0.1) is 0 Å². The molecule has 1 saturated heterocycles. The van der Waals surface area contributed by atoms with E-state index in [9.17, 15) is 24.3 Å². The third kappa shape index (κ3) is 8.80. The molecule has 1 fully saturated rings. The molecule has 41 heavy (non-hydrogen) atoms. The van der Waals surface area contributed by atoms with Crippen LogP contribution in [0.1, 0.15) is 29.2 Å². The van der Waals surface area contributed by atoms with Crippen LogP contribution in [0.15, 0.2) is 72.8 Å². The molecule has 0 radical (unpaired) electrons. The third-order valence-corrected chi connectivity index (χ3v) is 6.54. The number of amides is 5. The van der Waals surface area contributed by atoms with E-state index >= 15 is 0 Å². The van der Waals surface area contributed by atoms with Crippen LogP contribution in [0.25, 0.3) is 0 Å². The number of carboxylic acids is 1. The lowest BCUT2D eigenvalue weighted by Crippen LogP contribution is -2.47. The lowest BCUT2D eigenvalue weighted by Gasteiger charge is -2.29. The zero-order valence-corrected chi connectivity index (χ0v) is 22.7. The van der Waals surface area contributed by atoms with Gasteiger partial charge in [-0.1, -0.05) is 42.5 Å². The van der Waals surface area contributed by atoms with Crippen LogP contribution in [-0.2, 0) is 20.7 Å². The maximum atomic E-state index is 12.6. The Hall–Kier alpha value is -4.90. The lowest BCUT2D eigenvalue weighted by atomic mass is 10.0. The molecule has 11 heteroatoms. The Balaban J connectivity index is 1.29. The van der Waals surface area contributed by atoms with Crippen LogP contribution in [0.5, 0.6) is 0 Å². The molecule has 5 N–H and O–H groups in total. The Morgan fingerprint density at radius 2 is 1.49 bits per heavy atom. The monoisotopic (exact) mass is 559 g/mol. The fourth-order valence-electron chi connectivity index (χ4n) is 4.33. The van der Waals surface area contributed by atoms with Crippen molar-refractivity contribution >= 4 is 41.0 Å². The van der Waals surface area contributed by atoms with Gasteiger partial charge in [-0.2, -0.15) is 0 Å². The smallest absolute Gasteiger partial charge is 0.323 e. The highest BCUT2D eigenvalue weighted by Gasteiger charge is 2.23. The van der Waals surface area contributed by atoms with Gasteiger partial charge in [-0.25, -0.2) is 9.59 Å². The number of hydrogen-bond donors (Lipinski definition) is 5. The number of aryl methyl sites for hydroxylation is 1. The highest BCUT2D eigenvalue weighted by atomic mass is 16.5.